The molecule has 0 aromatic heterocycles. The average Bonchev–Trinajstić information content (AvgIpc) is 3.13. The average molecular weight is 552 g/mol. The first kappa shape index (κ1) is 27.3. The van der Waals surface area contributed by atoms with Gasteiger partial charge >= 0.3 is 12.1 Å². The SMILES string of the molecule is C[C@@H](NC(=O)N1CCC(N2CCc3ccccc3NC2=O)CC1)C(=O)N1CCN(C2CC3CCC(C2)N3C)CC1. The van der Waals surface area contributed by atoms with Crippen molar-refractivity contribution >= 4 is 23.7 Å². The van der Waals surface area contributed by atoms with E-state index in [9.17, 15) is 14.4 Å². The second kappa shape index (κ2) is 11.6. The van der Waals surface area contributed by atoms with Gasteiger partial charge in [-0.15, -0.1) is 0 Å². The van der Waals surface area contributed by atoms with E-state index in [1.54, 1.807) is 11.8 Å². The summed E-state index contributed by atoms with van der Waals surface area (Å²) in [6.45, 7) is 6.93. The van der Waals surface area contributed by atoms with Gasteiger partial charge in [0.2, 0.25) is 5.91 Å². The Morgan fingerprint density at radius 3 is 2.23 bits per heavy atom. The van der Waals surface area contributed by atoms with Crippen LogP contribution in [0.1, 0.15) is 51.0 Å². The minimum Gasteiger partial charge on any atom is -0.338 e. The molecular weight excluding hydrogens is 506 g/mol. The number of amides is 5. The summed E-state index contributed by atoms with van der Waals surface area (Å²) in [6.07, 6.45) is 7.45. The van der Waals surface area contributed by atoms with Gasteiger partial charge in [0.15, 0.2) is 0 Å². The number of rotatable bonds is 4. The molecule has 6 rings (SSSR count). The number of nitrogens with zero attached hydrogens (tertiary/aromatic N) is 5. The van der Waals surface area contributed by atoms with Gasteiger partial charge < -0.3 is 30.2 Å². The molecule has 5 aliphatic heterocycles. The Bertz CT molecular complexity index is 1080. The molecule has 1 aromatic carbocycles. The molecule has 0 saturated carbocycles. The summed E-state index contributed by atoms with van der Waals surface area (Å²) >= 11 is 0. The Balaban J connectivity index is 0.937. The van der Waals surface area contributed by atoms with Crippen molar-refractivity contribution in [3.63, 3.8) is 0 Å². The zero-order valence-electron chi connectivity index (χ0n) is 24.1. The van der Waals surface area contributed by atoms with E-state index in [0.29, 0.717) is 25.7 Å². The standard InChI is InChI=1S/C30H45N7O3/c1-21(28(38)35-17-15-34(16-18-35)26-19-24-7-8-25(20-26)33(24)2)31-29(39)36-12-10-23(11-13-36)37-14-9-22-5-3-4-6-27(22)32-30(37)40/h3-6,21,23-26H,7-20H2,1-2H3,(H,31,39)(H,32,40)/t21-,24?,25?,26?/m1/s1. The monoisotopic (exact) mass is 551 g/mol. The zero-order chi connectivity index (χ0) is 27.8. The number of likely N-dealkylation sites (tertiary alicyclic amines) is 1. The molecule has 0 aliphatic carbocycles. The highest BCUT2D eigenvalue weighted by Crippen LogP contribution is 2.36. The third-order valence-corrected chi connectivity index (χ3v) is 10.3. The Morgan fingerprint density at radius 1 is 0.850 bits per heavy atom. The fourth-order valence-corrected chi connectivity index (χ4v) is 7.72. The highest BCUT2D eigenvalue weighted by Gasteiger charge is 2.41. The predicted molar refractivity (Wildman–Crippen MR) is 154 cm³/mol. The number of nitrogens with one attached hydrogen (secondary N) is 2. The van der Waals surface area contributed by atoms with E-state index in [-0.39, 0.29) is 24.0 Å². The smallest absolute Gasteiger partial charge is 0.322 e. The molecule has 10 nitrogen and oxygen atoms in total. The molecule has 2 unspecified atom stereocenters. The van der Waals surface area contributed by atoms with Gasteiger partial charge in [-0.05, 0) is 70.5 Å². The molecule has 5 aliphatic rings. The summed E-state index contributed by atoms with van der Waals surface area (Å²) in [5.74, 6) is 0.00661. The minimum atomic E-state index is -0.550. The van der Waals surface area contributed by atoms with Crippen LogP contribution in [0.4, 0.5) is 15.3 Å². The van der Waals surface area contributed by atoms with Crippen LogP contribution in [0.15, 0.2) is 24.3 Å². The molecule has 2 N–H and O–H groups in total. The molecule has 2 bridgehead atoms. The molecule has 40 heavy (non-hydrogen) atoms. The lowest BCUT2D eigenvalue weighted by Gasteiger charge is -2.45. The number of benzene rings is 1. The number of carbonyl (C=O) groups is 3. The van der Waals surface area contributed by atoms with Crippen LogP contribution < -0.4 is 10.6 Å². The first-order valence-corrected chi connectivity index (χ1v) is 15.3. The number of hydrogen-bond donors (Lipinski definition) is 2. The number of fused-ring (bicyclic) bond motifs is 3. The normalized spacial score (nSPS) is 29.0. The number of anilines is 1. The van der Waals surface area contributed by atoms with Gasteiger partial charge in [0.25, 0.3) is 0 Å². The summed E-state index contributed by atoms with van der Waals surface area (Å²) in [6, 6.07) is 9.35. The van der Waals surface area contributed by atoms with Crippen molar-refractivity contribution in [2.45, 2.75) is 82.1 Å². The molecule has 5 amide bonds. The summed E-state index contributed by atoms with van der Waals surface area (Å²) in [5.41, 5.74) is 2.05. The fraction of sp³-hybridized carbons (Fsp3) is 0.700. The molecule has 0 spiro atoms. The Labute approximate surface area is 238 Å². The lowest BCUT2D eigenvalue weighted by atomic mass is 9.96. The fourth-order valence-electron chi connectivity index (χ4n) is 7.72. The summed E-state index contributed by atoms with van der Waals surface area (Å²) in [4.78, 5) is 49.9. The maximum Gasteiger partial charge on any atom is 0.322 e. The maximum atomic E-state index is 13.2. The van der Waals surface area contributed by atoms with Crippen LogP contribution in [0.25, 0.3) is 0 Å². The highest BCUT2D eigenvalue weighted by atomic mass is 16.2. The van der Waals surface area contributed by atoms with E-state index >= 15 is 0 Å². The van der Waals surface area contributed by atoms with Gasteiger partial charge in [-0.1, -0.05) is 18.2 Å². The zero-order valence-corrected chi connectivity index (χ0v) is 24.1. The lowest BCUT2D eigenvalue weighted by Crippen LogP contribution is -2.59. The van der Waals surface area contributed by atoms with Gasteiger partial charge in [-0.2, -0.15) is 0 Å². The van der Waals surface area contributed by atoms with Gasteiger partial charge in [-0.25, -0.2) is 9.59 Å². The van der Waals surface area contributed by atoms with Crippen molar-refractivity contribution < 1.29 is 14.4 Å². The third-order valence-electron chi connectivity index (χ3n) is 10.3. The van der Waals surface area contributed by atoms with Crippen LogP contribution >= 0.6 is 0 Å². The Morgan fingerprint density at radius 2 is 1.52 bits per heavy atom. The van der Waals surface area contributed by atoms with Gasteiger partial charge in [0.1, 0.15) is 6.04 Å². The number of urea groups is 2. The van der Waals surface area contributed by atoms with E-state index in [4.69, 9.17) is 0 Å². The van der Waals surface area contributed by atoms with E-state index < -0.39 is 6.04 Å². The van der Waals surface area contributed by atoms with Crippen molar-refractivity contribution in [2.24, 2.45) is 0 Å². The molecule has 4 saturated heterocycles. The Kier molecular flexibility index (Phi) is 7.90. The van der Waals surface area contributed by atoms with Crippen LogP contribution in [0.3, 0.4) is 0 Å². The minimum absolute atomic E-state index is 0.00661. The first-order valence-electron chi connectivity index (χ1n) is 15.3. The molecule has 1 aromatic rings. The van der Waals surface area contributed by atoms with Gasteiger partial charge in [0, 0.05) is 75.7 Å². The van der Waals surface area contributed by atoms with Crippen molar-refractivity contribution in [1.82, 2.24) is 29.8 Å². The molecule has 10 heteroatoms. The van der Waals surface area contributed by atoms with Gasteiger partial charge in [0.05, 0.1) is 0 Å². The topological polar surface area (TPSA) is 91.5 Å². The Hall–Kier alpha value is -2.85. The summed E-state index contributed by atoms with van der Waals surface area (Å²) < 4.78 is 0. The molecule has 218 valence electrons. The van der Waals surface area contributed by atoms with Crippen molar-refractivity contribution in [3.05, 3.63) is 29.8 Å². The van der Waals surface area contributed by atoms with Crippen LogP contribution in [0.2, 0.25) is 0 Å². The summed E-state index contributed by atoms with van der Waals surface area (Å²) in [7, 11) is 2.28. The third kappa shape index (κ3) is 5.52. The van der Waals surface area contributed by atoms with Crippen LogP contribution in [0.5, 0.6) is 0 Å². The van der Waals surface area contributed by atoms with Crippen molar-refractivity contribution in [2.75, 3.05) is 58.2 Å². The van der Waals surface area contributed by atoms with Crippen molar-refractivity contribution in [3.8, 4) is 0 Å². The quantitative estimate of drug-likeness (QED) is 0.600. The van der Waals surface area contributed by atoms with Crippen molar-refractivity contribution in [1.29, 1.82) is 0 Å². The number of piperazine rings is 1. The number of hydrogen-bond acceptors (Lipinski definition) is 5. The number of para-hydroxylation sites is 1. The van der Waals surface area contributed by atoms with E-state index in [2.05, 4.69) is 33.5 Å². The van der Waals surface area contributed by atoms with Crippen LogP contribution in [-0.2, 0) is 11.2 Å². The first-order chi connectivity index (χ1) is 19.4. The van der Waals surface area contributed by atoms with E-state index in [1.165, 1.54) is 25.7 Å². The second-order valence-electron chi connectivity index (χ2n) is 12.5. The molecular formula is C30H45N7O3. The lowest BCUT2D eigenvalue weighted by molar-refractivity contribution is -0.135. The van der Waals surface area contributed by atoms with Crippen LogP contribution in [-0.4, -0.2) is 126 Å². The number of piperidine rings is 2. The molecule has 3 atom stereocenters. The maximum absolute atomic E-state index is 13.2. The largest absolute Gasteiger partial charge is 0.338 e. The second-order valence-corrected chi connectivity index (χ2v) is 12.5. The van der Waals surface area contributed by atoms with E-state index in [0.717, 1.165) is 68.8 Å². The number of carbonyl (C=O) groups excluding carboxylic acids is 3. The van der Waals surface area contributed by atoms with Crippen LogP contribution in [0, 0.1) is 0 Å². The molecule has 4 fully saturated rings. The van der Waals surface area contributed by atoms with Gasteiger partial charge in [-0.3, -0.25) is 9.69 Å². The molecule has 5 heterocycles. The summed E-state index contributed by atoms with van der Waals surface area (Å²) in [5, 5.41) is 6.00. The molecule has 0 radical (unpaired) electrons. The van der Waals surface area contributed by atoms with E-state index in [1.807, 2.05) is 28.0 Å². The predicted octanol–water partition coefficient (Wildman–Crippen LogP) is 2.41. The highest BCUT2D eigenvalue weighted by molar-refractivity contribution is 5.91.